The number of guanidine groups is 1. The number of hydrogen-bond acceptors (Lipinski definition) is 4. The predicted molar refractivity (Wildman–Crippen MR) is 96.1 cm³/mol. The summed E-state index contributed by atoms with van der Waals surface area (Å²) in [7, 11) is 1.66. The third kappa shape index (κ3) is 5.24. The Morgan fingerprint density at radius 2 is 2.00 bits per heavy atom. The predicted octanol–water partition coefficient (Wildman–Crippen LogP) is 2.94. The number of para-hydroxylation sites is 1. The fourth-order valence-corrected chi connectivity index (χ4v) is 2.14. The summed E-state index contributed by atoms with van der Waals surface area (Å²) >= 11 is 0. The van der Waals surface area contributed by atoms with Gasteiger partial charge in [-0.15, -0.1) is 0 Å². The van der Waals surface area contributed by atoms with Crippen molar-refractivity contribution in [1.82, 2.24) is 4.98 Å². The van der Waals surface area contributed by atoms with Crippen LogP contribution in [0.5, 0.6) is 5.88 Å². The molecule has 1 heterocycles. The zero-order chi connectivity index (χ0) is 17.2. The second-order valence-electron chi connectivity index (χ2n) is 5.23. The van der Waals surface area contributed by atoms with Crippen LogP contribution in [0.15, 0.2) is 47.6 Å². The average molecular weight is 328 g/mol. The van der Waals surface area contributed by atoms with Gasteiger partial charge in [-0.2, -0.15) is 0 Å². The maximum Gasteiger partial charge on any atom is 0.218 e. The molecule has 0 aliphatic rings. The molecule has 3 N–H and O–H groups in total. The number of rotatable bonds is 8. The molecule has 0 bridgehead atoms. The molecule has 2 aromatic rings. The second kappa shape index (κ2) is 9.52. The van der Waals surface area contributed by atoms with E-state index in [9.17, 15) is 0 Å². The lowest BCUT2D eigenvalue weighted by Crippen LogP contribution is -2.23. The number of pyridine rings is 1. The third-order valence-corrected chi connectivity index (χ3v) is 3.29. The summed E-state index contributed by atoms with van der Waals surface area (Å²) in [5.41, 5.74) is 8.81. The minimum atomic E-state index is 0.337. The molecule has 0 aliphatic heterocycles. The summed E-state index contributed by atoms with van der Waals surface area (Å²) in [5.74, 6) is 0.944. The van der Waals surface area contributed by atoms with E-state index in [1.54, 1.807) is 13.3 Å². The first-order valence-electron chi connectivity index (χ1n) is 7.95. The van der Waals surface area contributed by atoms with Crippen LogP contribution in [0.25, 0.3) is 0 Å². The van der Waals surface area contributed by atoms with Crippen molar-refractivity contribution in [3.05, 3.63) is 53.7 Å². The van der Waals surface area contributed by atoms with E-state index < -0.39 is 0 Å². The largest absolute Gasteiger partial charge is 0.477 e. The number of benzene rings is 1. The topological polar surface area (TPSA) is 81.8 Å². The number of anilines is 1. The molecule has 0 fully saturated rings. The van der Waals surface area contributed by atoms with Gasteiger partial charge in [0.2, 0.25) is 5.88 Å². The number of aromatic nitrogens is 1. The Morgan fingerprint density at radius 3 is 2.79 bits per heavy atom. The van der Waals surface area contributed by atoms with Crippen LogP contribution >= 0.6 is 0 Å². The van der Waals surface area contributed by atoms with Crippen molar-refractivity contribution in [2.75, 3.05) is 19.0 Å². The molecule has 0 aliphatic carbocycles. The fraction of sp³-hybridized carbons (Fsp3) is 0.333. The van der Waals surface area contributed by atoms with Gasteiger partial charge in [0, 0.05) is 30.1 Å². The van der Waals surface area contributed by atoms with Crippen molar-refractivity contribution >= 4 is 11.6 Å². The molecule has 0 amide bonds. The normalized spacial score (nSPS) is 11.3. The molecule has 1 aromatic heterocycles. The van der Waals surface area contributed by atoms with Crippen molar-refractivity contribution in [1.29, 1.82) is 0 Å². The van der Waals surface area contributed by atoms with Crippen LogP contribution in [0.1, 0.15) is 24.5 Å². The molecule has 128 valence electrons. The minimum Gasteiger partial charge on any atom is -0.477 e. The van der Waals surface area contributed by atoms with Crippen molar-refractivity contribution in [3.63, 3.8) is 0 Å². The molecular weight excluding hydrogens is 304 g/mol. The monoisotopic (exact) mass is 328 g/mol. The fourth-order valence-electron chi connectivity index (χ4n) is 2.14. The molecule has 6 heteroatoms. The van der Waals surface area contributed by atoms with Gasteiger partial charge in [-0.1, -0.05) is 31.2 Å². The zero-order valence-electron chi connectivity index (χ0n) is 14.2. The molecule has 6 nitrogen and oxygen atoms in total. The number of nitrogens with two attached hydrogens (primary N) is 1. The highest BCUT2D eigenvalue weighted by molar-refractivity contribution is 5.92. The highest BCUT2D eigenvalue weighted by Crippen LogP contribution is 2.17. The Morgan fingerprint density at radius 1 is 1.21 bits per heavy atom. The van der Waals surface area contributed by atoms with Gasteiger partial charge in [0.1, 0.15) is 0 Å². The van der Waals surface area contributed by atoms with Crippen molar-refractivity contribution in [3.8, 4) is 5.88 Å². The van der Waals surface area contributed by atoms with E-state index in [4.69, 9.17) is 15.2 Å². The molecule has 2 rings (SSSR count). The second-order valence-corrected chi connectivity index (χ2v) is 5.23. The van der Waals surface area contributed by atoms with Crippen LogP contribution in [0.3, 0.4) is 0 Å². The smallest absolute Gasteiger partial charge is 0.218 e. The highest BCUT2D eigenvalue weighted by atomic mass is 16.5. The van der Waals surface area contributed by atoms with E-state index in [-0.39, 0.29) is 0 Å². The summed E-state index contributed by atoms with van der Waals surface area (Å²) in [4.78, 5) is 8.63. The van der Waals surface area contributed by atoms with Crippen molar-refractivity contribution in [2.24, 2.45) is 10.7 Å². The summed E-state index contributed by atoms with van der Waals surface area (Å²) in [6.45, 7) is 3.60. The quantitative estimate of drug-likeness (QED) is 0.575. The number of nitrogens with zero attached hydrogens (tertiary/aromatic N) is 2. The molecule has 1 aromatic carbocycles. The first kappa shape index (κ1) is 17.7. The standard InChI is InChI=1S/C18H24N4O2/c1-3-11-24-17-14(8-6-10-20-17)12-21-18(19)22-16-9-5-4-7-15(16)13-23-2/h4-10H,3,11-13H2,1-2H3,(H3,19,21,22). The van der Waals surface area contributed by atoms with E-state index in [0.717, 1.165) is 23.2 Å². The van der Waals surface area contributed by atoms with Crippen LogP contribution in [-0.4, -0.2) is 24.7 Å². The highest BCUT2D eigenvalue weighted by Gasteiger charge is 2.05. The maximum absolute atomic E-state index is 6.01. The zero-order valence-corrected chi connectivity index (χ0v) is 14.2. The summed E-state index contributed by atoms with van der Waals surface area (Å²) in [6.07, 6.45) is 2.64. The van der Waals surface area contributed by atoms with Gasteiger partial charge in [0.05, 0.1) is 19.8 Å². The lowest BCUT2D eigenvalue weighted by Gasteiger charge is -2.11. The lowest BCUT2D eigenvalue weighted by atomic mass is 10.2. The Bertz CT molecular complexity index is 674. The van der Waals surface area contributed by atoms with E-state index in [1.165, 1.54) is 0 Å². The van der Waals surface area contributed by atoms with E-state index in [1.807, 2.05) is 36.4 Å². The molecule has 0 unspecified atom stereocenters. The molecule has 0 saturated heterocycles. The minimum absolute atomic E-state index is 0.337. The van der Waals surface area contributed by atoms with Crippen LogP contribution < -0.4 is 15.8 Å². The number of aliphatic imine (C=N–C) groups is 1. The van der Waals surface area contributed by atoms with Crippen molar-refractivity contribution < 1.29 is 9.47 Å². The van der Waals surface area contributed by atoms with Crippen molar-refractivity contribution in [2.45, 2.75) is 26.5 Å². The lowest BCUT2D eigenvalue weighted by molar-refractivity contribution is 0.185. The van der Waals surface area contributed by atoms with Crippen LogP contribution in [0.4, 0.5) is 5.69 Å². The van der Waals surface area contributed by atoms with Gasteiger partial charge >= 0.3 is 0 Å². The van der Waals surface area contributed by atoms with Crippen LogP contribution in [-0.2, 0) is 17.9 Å². The summed E-state index contributed by atoms with van der Waals surface area (Å²) in [5, 5.41) is 3.11. The number of nitrogens with one attached hydrogen (secondary N) is 1. The molecular formula is C18H24N4O2. The molecule has 0 radical (unpaired) electrons. The van der Waals surface area contributed by atoms with Gasteiger partial charge in [0.15, 0.2) is 5.96 Å². The van der Waals surface area contributed by atoms with Crippen LogP contribution in [0, 0.1) is 0 Å². The molecule has 0 saturated carbocycles. The first-order valence-corrected chi connectivity index (χ1v) is 7.95. The first-order chi connectivity index (χ1) is 11.7. The molecule has 24 heavy (non-hydrogen) atoms. The van der Waals surface area contributed by atoms with Gasteiger partial charge in [-0.25, -0.2) is 9.98 Å². The number of methoxy groups -OCH3 is 1. The Balaban J connectivity index is 2.05. The third-order valence-electron chi connectivity index (χ3n) is 3.29. The van der Waals surface area contributed by atoms with Crippen LogP contribution in [0.2, 0.25) is 0 Å². The number of ether oxygens (including phenoxy) is 2. The SMILES string of the molecule is CCCOc1ncccc1CN=C(N)Nc1ccccc1COC. The van der Waals surface area contributed by atoms with Gasteiger partial charge in [-0.05, 0) is 18.6 Å². The van der Waals surface area contributed by atoms with E-state index >= 15 is 0 Å². The Kier molecular flexibility index (Phi) is 7.04. The molecule has 0 atom stereocenters. The Hall–Kier alpha value is -2.60. The maximum atomic E-state index is 6.01. The summed E-state index contributed by atoms with van der Waals surface area (Å²) in [6, 6.07) is 11.6. The number of hydrogen-bond donors (Lipinski definition) is 2. The molecule has 0 spiro atoms. The van der Waals surface area contributed by atoms with Gasteiger partial charge in [0.25, 0.3) is 0 Å². The van der Waals surface area contributed by atoms with Gasteiger partial charge < -0.3 is 20.5 Å². The van der Waals surface area contributed by atoms with Gasteiger partial charge in [-0.3, -0.25) is 0 Å². The average Bonchev–Trinajstić information content (AvgIpc) is 2.61. The van der Waals surface area contributed by atoms with E-state index in [2.05, 4.69) is 22.2 Å². The summed E-state index contributed by atoms with van der Waals surface area (Å²) < 4.78 is 10.8. The van der Waals surface area contributed by atoms with E-state index in [0.29, 0.717) is 31.6 Å². The Labute approximate surface area is 142 Å².